The lowest BCUT2D eigenvalue weighted by molar-refractivity contribution is 0.0856. The van der Waals surface area contributed by atoms with Crippen molar-refractivity contribution in [2.24, 2.45) is 5.18 Å². The van der Waals surface area contributed by atoms with E-state index in [2.05, 4.69) is 22.0 Å². The van der Waals surface area contributed by atoms with Crippen LogP contribution in [0.3, 0.4) is 0 Å². The lowest BCUT2D eigenvalue weighted by Gasteiger charge is -2.32. The quantitative estimate of drug-likeness (QED) is 0.449. The van der Waals surface area contributed by atoms with E-state index in [0.717, 1.165) is 32.7 Å². The van der Waals surface area contributed by atoms with Crippen molar-refractivity contribution in [1.29, 1.82) is 0 Å². The molecule has 0 aromatic rings. The van der Waals surface area contributed by atoms with Crippen LogP contribution in [0.2, 0.25) is 0 Å². The van der Waals surface area contributed by atoms with E-state index in [1.165, 1.54) is 0 Å². The van der Waals surface area contributed by atoms with Crippen molar-refractivity contribution in [2.45, 2.75) is 0 Å². The van der Waals surface area contributed by atoms with Crippen LogP contribution in [0.15, 0.2) is 5.18 Å². The van der Waals surface area contributed by atoms with Crippen molar-refractivity contribution >= 4 is 0 Å². The first-order valence-electron chi connectivity index (χ1n) is 5.10. The Bertz CT molecular complexity index is 158. The van der Waals surface area contributed by atoms with Gasteiger partial charge in [0.2, 0.25) is 0 Å². The van der Waals surface area contributed by atoms with Crippen LogP contribution >= 0.6 is 0 Å². The predicted octanol–water partition coefficient (Wildman–Crippen LogP) is 0.0168. The number of nitroso groups, excluding NO2 is 1. The Morgan fingerprint density at radius 2 is 1.93 bits per heavy atom. The molecule has 0 aliphatic carbocycles. The fraction of sp³-hybridized carbons (Fsp3) is 1.00. The van der Waals surface area contributed by atoms with Crippen LogP contribution in [0.5, 0.6) is 0 Å². The third-order valence-electron chi connectivity index (χ3n) is 2.47. The zero-order valence-corrected chi connectivity index (χ0v) is 8.81. The highest BCUT2D eigenvalue weighted by molar-refractivity contribution is 4.68. The Hall–Kier alpha value is -0.520. The molecule has 0 atom stereocenters. The molecule has 0 aromatic carbocycles. The SMILES string of the molecule is CN1CCN(CCOCCN=O)CC1. The third-order valence-corrected chi connectivity index (χ3v) is 2.47. The van der Waals surface area contributed by atoms with Crippen LogP contribution in [0, 0.1) is 4.91 Å². The van der Waals surface area contributed by atoms with E-state index in [4.69, 9.17) is 4.74 Å². The minimum Gasteiger partial charge on any atom is -0.378 e. The Labute approximate surface area is 85.0 Å². The van der Waals surface area contributed by atoms with Crippen LogP contribution < -0.4 is 0 Å². The van der Waals surface area contributed by atoms with Gasteiger partial charge in [0.1, 0.15) is 6.54 Å². The summed E-state index contributed by atoms with van der Waals surface area (Å²) < 4.78 is 5.25. The summed E-state index contributed by atoms with van der Waals surface area (Å²) in [6.07, 6.45) is 0. The number of piperazine rings is 1. The van der Waals surface area contributed by atoms with Crippen molar-refractivity contribution in [1.82, 2.24) is 9.80 Å². The maximum absolute atomic E-state index is 9.76. The van der Waals surface area contributed by atoms with Gasteiger partial charge in [-0.15, -0.1) is 0 Å². The standard InChI is InChI=1S/C9H19N3O2/c1-11-3-5-12(6-4-11)7-9-14-8-2-10-13/h2-9H2,1H3. The summed E-state index contributed by atoms with van der Waals surface area (Å²) in [5, 5.41) is 2.73. The molecule has 5 heteroatoms. The van der Waals surface area contributed by atoms with E-state index < -0.39 is 0 Å². The number of rotatable bonds is 6. The molecule has 0 bridgehead atoms. The predicted molar refractivity (Wildman–Crippen MR) is 55.4 cm³/mol. The second-order valence-electron chi connectivity index (χ2n) is 3.61. The van der Waals surface area contributed by atoms with Gasteiger partial charge in [-0.2, -0.15) is 4.91 Å². The largest absolute Gasteiger partial charge is 0.378 e. The summed E-state index contributed by atoms with van der Waals surface area (Å²) in [5.41, 5.74) is 0. The van der Waals surface area contributed by atoms with Gasteiger partial charge in [-0.1, -0.05) is 5.18 Å². The average molecular weight is 201 g/mol. The average Bonchev–Trinajstić information content (AvgIpc) is 2.21. The number of hydrogen-bond donors (Lipinski definition) is 0. The summed E-state index contributed by atoms with van der Waals surface area (Å²) in [4.78, 5) is 14.5. The van der Waals surface area contributed by atoms with Crippen molar-refractivity contribution in [3.8, 4) is 0 Å². The Balaban J connectivity index is 1.93. The molecule has 0 aromatic heterocycles. The molecule has 1 aliphatic rings. The molecule has 1 aliphatic heterocycles. The van der Waals surface area contributed by atoms with Crippen molar-refractivity contribution in [2.75, 3.05) is 59.5 Å². The summed E-state index contributed by atoms with van der Waals surface area (Å²) in [7, 11) is 2.14. The summed E-state index contributed by atoms with van der Waals surface area (Å²) in [6.45, 7) is 6.90. The van der Waals surface area contributed by atoms with Gasteiger partial charge in [-0.3, -0.25) is 4.90 Å². The van der Waals surface area contributed by atoms with Gasteiger partial charge in [0.25, 0.3) is 0 Å². The first-order chi connectivity index (χ1) is 6.83. The summed E-state index contributed by atoms with van der Waals surface area (Å²) in [5.74, 6) is 0. The molecule has 0 radical (unpaired) electrons. The van der Waals surface area contributed by atoms with Crippen LogP contribution in [0.1, 0.15) is 0 Å². The molecule has 1 heterocycles. The van der Waals surface area contributed by atoms with E-state index in [9.17, 15) is 4.91 Å². The number of hydrogen-bond acceptors (Lipinski definition) is 5. The Morgan fingerprint density at radius 3 is 2.57 bits per heavy atom. The van der Waals surface area contributed by atoms with E-state index in [-0.39, 0.29) is 6.54 Å². The first kappa shape index (κ1) is 11.6. The van der Waals surface area contributed by atoms with Crippen molar-refractivity contribution in [3.63, 3.8) is 0 Å². The molecule has 0 N–H and O–H groups in total. The van der Waals surface area contributed by atoms with Gasteiger partial charge >= 0.3 is 0 Å². The minimum absolute atomic E-state index is 0.267. The third kappa shape index (κ3) is 4.64. The molecule has 82 valence electrons. The van der Waals surface area contributed by atoms with Crippen LogP contribution in [0.25, 0.3) is 0 Å². The zero-order chi connectivity index (χ0) is 10.2. The Morgan fingerprint density at radius 1 is 1.21 bits per heavy atom. The molecular weight excluding hydrogens is 182 g/mol. The fourth-order valence-electron chi connectivity index (χ4n) is 1.47. The Kier molecular flexibility index (Phi) is 5.66. The minimum atomic E-state index is 0.267. The highest BCUT2D eigenvalue weighted by Gasteiger charge is 2.12. The molecule has 5 nitrogen and oxygen atoms in total. The first-order valence-corrected chi connectivity index (χ1v) is 5.10. The second kappa shape index (κ2) is 6.86. The van der Waals surface area contributed by atoms with Crippen LogP contribution in [0.4, 0.5) is 0 Å². The van der Waals surface area contributed by atoms with Gasteiger partial charge in [0.15, 0.2) is 0 Å². The van der Waals surface area contributed by atoms with Gasteiger partial charge in [0.05, 0.1) is 13.2 Å². The van der Waals surface area contributed by atoms with Gasteiger partial charge < -0.3 is 9.64 Å². The summed E-state index contributed by atoms with van der Waals surface area (Å²) >= 11 is 0. The van der Waals surface area contributed by atoms with Gasteiger partial charge in [-0.05, 0) is 7.05 Å². The van der Waals surface area contributed by atoms with Gasteiger partial charge in [0, 0.05) is 32.7 Å². The second-order valence-corrected chi connectivity index (χ2v) is 3.61. The molecule has 0 unspecified atom stereocenters. The van der Waals surface area contributed by atoms with E-state index >= 15 is 0 Å². The maximum Gasteiger partial charge on any atom is 0.104 e. The molecule has 0 spiro atoms. The van der Waals surface area contributed by atoms with Gasteiger partial charge in [-0.25, -0.2) is 0 Å². The van der Waals surface area contributed by atoms with Crippen LogP contribution in [-0.4, -0.2) is 69.3 Å². The fourth-order valence-corrected chi connectivity index (χ4v) is 1.47. The van der Waals surface area contributed by atoms with Crippen molar-refractivity contribution < 1.29 is 4.74 Å². The number of ether oxygens (including phenoxy) is 1. The lowest BCUT2D eigenvalue weighted by atomic mass is 10.3. The summed E-state index contributed by atoms with van der Waals surface area (Å²) in [6, 6.07) is 0. The smallest absolute Gasteiger partial charge is 0.104 e. The number of likely N-dealkylation sites (N-methyl/N-ethyl adjacent to an activating group) is 1. The van der Waals surface area contributed by atoms with E-state index in [1.807, 2.05) is 0 Å². The normalized spacial score (nSPS) is 19.8. The van der Waals surface area contributed by atoms with E-state index in [1.54, 1.807) is 0 Å². The maximum atomic E-state index is 9.76. The molecular formula is C9H19N3O2. The number of nitrogens with zero attached hydrogens (tertiary/aromatic N) is 3. The van der Waals surface area contributed by atoms with Crippen molar-refractivity contribution in [3.05, 3.63) is 4.91 Å². The topological polar surface area (TPSA) is 45.1 Å². The monoisotopic (exact) mass is 201 g/mol. The molecule has 1 saturated heterocycles. The molecule has 0 amide bonds. The highest BCUT2D eigenvalue weighted by Crippen LogP contribution is 1.98. The lowest BCUT2D eigenvalue weighted by Crippen LogP contribution is -2.45. The molecule has 0 saturated carbocycles. The highest BCUT2D eigenvalue weighted by atomic mass is 16.5. The zero-order valence-electron chi connectivity index (χ0n) is 8.81. The van der Waals surface area contributed by atoms with E-state index in [0.29, 0.717) is 13.2 Å². The van der Waals surface area contributed by atoms with Crippen LogP contribution in [-0.2, 0) is 4.74 Å². The molecule has 1 fully saturated rings. The molecule has 1 rings (SSSR count). The molecule has 14 heavy (non-hydrogen) atoms.